The molecule has 4 nitrogen and oxygen atoms in total. The normalized spacial score (nSPS) is 16.2. The Morgan fingerprint density at radius 1 is 1.00 bits per heavy atom. The van der Waals surface area contributed by atoms with Crippen molar-refractivity contribution in [3.05, 3.63) is 95.3 Å². The molecule has 4 rings (SSSR count). The standard InChI is InChI=1S/C27H30N2O2/c1-31-25-13-9-21(10-14-25)12-16-27(30)29-17-5-8-24(20-29)26-15-11-23(19-28-26)18-22-6-3-2-4-7-22/h2-4,6-7,9-11,13-15,19,24H,5,8,12,16-18,20H2,1H3/t24-/m0/s1. The minimum absolute atomic E-state index is 0.237. The molecule has 0 saturated carbocycles. The zero-order valence-corrected chi connectivity index (χ0v) is 18.2. The van der Waals surface area contributed by atoms with Crippen LogP contribution in [0.4, 0.5) is 0 Å². The maximum absolute atomic E-state index is 12.8. The van der Waals surface area contributed by atoms with E-state index in [2.05, 4.69) is 36.4 Å². The van der Waals surface area contributed by atoms with E-state index in [1.165, 1.54) is 16.7 Å². The van der Waals surface area contributed by atoms with Crippen molar-refractivity contribution in [1.82, 2.24) is 9.88 Å². The molecule has 1 aromatic heterocycles. The number of ether oxygens (including phenoxy) is 1. The number of carbonyl (C=O) groups excluding carboxylic acids is 1. The molecule has 2 heterocycles. The summed E-state index contributed by atoms with van der Waals surface area (Å²) in [5, 5.41) is 0. The zero-order valence-electron chi connectivity index (χ0n) is 18.2. The Morgan fingerprint density at radius 3 is 2.48 bits per heavy atom. The number of carbonyl (C=O) groups is 1. The number of amides is 1. The Bertz CT molecular complexity index is 968. The van der Waals surface area contributed by atoms with E-state index >= 15 is 0 Å². The zero-order chi connectivity index (χ0) is 21.5. The van der Waals surface area contributed by atoms with E-state index < -0.39 is 0 Å². The molecule has 1 aliphatic heterocycles. The molecule has 1 fully saturated rings. The predicted octanol–water partition coefficient (Wildman–Crippen LogP) is 5.02. The summed E-state index contributed by atoms with van der Waals surface area (Å²) in [5.74, 6) is 1.40. The van der Waals surface area contributed by atoms with Gasteiger partial charge in [0.15, 0.2) is 0 Å². The van der Waals surface area contributed by atoms with Gasteiger partial charge in [0.2, 0.25) is 5.91 Å². The van der Waals surface area contributed by atoms with Gasteiger partial charge in [0.1, 0.15) is 5.75 Å². The summed E-state index contributed by atoms with van der Waals surface area (Å²) < 4.78 is 5.20. The highest BCUT2D eigenvalue weighted by molar-refractivity contribution is 5.76. The van der Waals surface area contributed by atoms with Crippen LogP contribution in [0.3, 0.4) is 0 Å². The number of hydrogen-bond acceptors (Lipinski definition) is 3. The topological polar surface area (TPSA) is 42.4 Å². The first-order chi connectivity index (χ1) is 15.2. The smallest absolute Gasteiger partial charge is 0.222 e. The van der Waals surface area contributed by atoms with Crippen LogP contribution in [0.15, 0.2) is 72.9 Å². The second-order valence-corrected chi connectivity index (χ2v) is 8.28. The lowest BCUT2D eigenvalue weighted by Crippen LogP contribution is -2.39. The summed E-state index contributed by atoms with van der Waals surface area (Å²) in [6.07, 6.45) is 6.32. The van der Waals surface area contributed by atoms with Gasteiger partial charge in [-0.25, -0.2) is 0 Å². The lowest BCUT2D eigenvalue weighted by Gasteiger charge is -2.32. The number of rotatable bonds is 7. The fourth-order valence-electron chi connectivity index (χ4n) is 4.26. The van der Waals surface area contributed by atoms with Gasteiger partial charge >= 0.3 is 0 Å². The highest BCUT2D eigenvalue weighted by atomic mass is 16.5. The molecule has 0 bridgehead atoms. The van der Waals surface area contributed by atoms with Gasteiger partial charge in [-0.05, 0) is 60.6 Å². The third-order valence-corrected chi connectivity index (χ3v) is 6.08. The van der Waals surface area contributed by atoms with Crippen molar-refractivity contribution in [2.24, 2.45) is 0 Å². The summed E-state index contributed by atoms with van der Waals surface area (Å²) in [6, 6.07) is 22.8. The summed E-state index contributed by atoms with van der Waals surface area (Å²) in [6.45, 7) is 1.62. The van der Waals surface area contributed by atoms with Crippen LogP contribution in [-0.2, 0) is 17.6 Å². The first kappa shape index (κ1) is 21.1. The average molecular weight is 415 g/mol. The number of likely N-dealkylation sites (tertiary alicyclic amines) is 1. The molecule has 0 N–H and O–H groups in total. The van der Waals surface area contributed by atoms with Gasteiger partial charge in [-0.1, -0.05) is 48.5 Å². The van der Waals surface area contributed by atoms with E-state index in [9.17, 15) is 4.79 Å². The van der Waals surface area contributed by atoms with Crippen LogP contribution in [0.2, 0.25) is 0 Å². The maximum atomic E-state index is 12.8. The number of aromatic nitrogens is 1. The van der Waals surface area contributed by atoms with E-state index in [0.29, 0.717) is 12.3 Å². The lowest BCUT2D eigenvalue weighted by atomic mass is 9.93. The van der Waals surface area contributed by atoms with Gasteiger partial charge in [-0.2, -0.15) is 0 Å². The van der Waals surface area contributed by atoms with Gasteiger partial charge in [-0.15, -0.1) is 0 Å². The third kappa shape index (κ3) is 5.72. The van der Waals surface area contributed by atoms with Gasteiger partial charge in [0, 0.05) is 37.3 Å². The van der Waals surface area contributed by atoms with Crippen LogP contribution in [-0.4, -0.2) is 36.0 Å². The molecule has 4 heteroatoms. The number of methoxy groups -OCH3 is 1. The van der Waals surface area contributed by atoms with Crippen molar-refractivity contribution >= 4 is 5.91 Å². The minimum atomic E-state index is 0.237. The minimum Gasteiger partial charge on any atom is -0.497 e. The Kier molecular flexibility index (Phi) is 6.98. The van der Waals surface area contributed by atoms with Crippen LogP contribution >= 0.6 is 0 Å². The van der Waals surface area contributed by atoms with Crippen LogP contribution < -0.4 is 4.74 Å². The van der Waals surface area contributed by atoms with E-state index in [1.54, 1.807) is 7.11 Å². The number of aryl methyl sites for hydroxylation is 1. The molecule has 0 aliphatic carbocycles. The van der Waals surface area contributed by atoms with Crippen LogP contribution in [0.1, 0.15) is 47.6 Å². The number of hydrogen-bond donors (Lipinski definition) is 0. The van der Waals surface area contributed by atoms with Gasteiger partial charge in [0.25, 0.3) is 0 Å². The predicted molar refractivity (Wildman–Crippen MR) is 123 cm³/mol. The van der Waals surface area contributed by atoms with Gasteiger partial charge in [0.05, 0.1) is 7.11 Å². The van der Waals surface area contributed by atoms with Crippen LogP contribution in [0, 0.1) is 0 Å². The molecule has 1 saturated heterocycles. The van der Waals surface area contributed by atoms with Crippen molar-refractivity contribution in [3.63, 3.8) is 0 Å². The molecular weight excluding hydrogens is 384 g/mol. The van der Waals surface area contributed by atoms with Crippen molar-refractivity contribution in [2.45, 2.75) is 38.0 Å². The first-order valence-electron chi connectivity index (χ1n) is 11.1. The summed E-state index contributed by atoms with van der Waals surface area (Å²) in [5.41, 5.74) is 4.78. The van der Waals surface area contributed by atoms with Crippen molar-refractivity contribution in [2.75, 3.05) is 20.2 Å². The van der Waals surface area contributed by atoms with Crippen LogP contribution in [0.5, 0.6) is 5.75 Å². The fourth-order valence-corrected chi connectivity index (χ4v) is 4.26. The lowest BCUT2D eigenvalue weighted by molar-refractivity contribution is -0.132. The Labute approximate surface area is 184 Å². The SMILES string of the molecule is COc1ccc(CCC(=O)N2CCC[C@H](c3ccc(Cc4ccccc4)cn3)C2)cc1. The highest BCUT2D eigenvalue weighted by Gasteiger charge is 2.25. The monoisotopic (exact) mass is 414 g/mol. The quantitative estimate of drug-likeness (QED) is 0.545. The summed E-state index contributed by atoms with van der Waals surface area (Å²) in [4.78, 5) is 19.6. The van der Waals surface area contributed by atoms with Gasteiger partial charge < -0.3 is 9.64 Å². The molecule has 0 unspecified atom stereocenters. The number of nitrogens with zero attached hydrogens (tertiary/aromatic N) is 2. The van der Waals surface area contributed by atoms with Crippen molar-refractivity contribution in [1.29, 1.82) is 0 Å². The molecular formula is C27H30N2O2. The largest absolute Gasteiger partial charge is 0.497 e. The fraction of sp³-hybridized carbons (Fsp3) is 0.333. The highest BCUT2D eigenvalue weighted by Crippen LogP contribution is 2.26. The number of benzene rings is 2. The summed E-state index contributed by atoms with van der Waals surface area (Å²) >= 11 is 0. The molecule has 160 valence electrons. The second kappa shape index (κ2) is 10.3. The molecule has 0 radical (unpaired) electrons. The number of pyridine rings is 1. The molecule has 1 atom stereocenters. The Balaban J connectivity index is 1.31. The molecule has 3 aromatic rings. The molecule has 1 aliphatic rings. The van der Waals surface area contributed by atoms with E-state index in [4.69, 9.17) is 9.72 Å². The van der Waals surface area contributed by atoms with Gasteiger partial charge in [-0.3, -0.25) is 9.78 Å². The molecule has 2 aromatic carbocycles. The first-order valence-corrected chi connectivity index (χ1v) is 11.1. The van der Waals surface area contributed by atoms with Crippen molar-refractivity contribution in [3.8, 4) is 5.75 Å². The van der Waals surface area contributed by atoms with E-state index in [1.807, 2.05) is 41.4 Å². The third-order valence-electron chi connectivity index (χ3n) is 6.08. The molecule has 1 amide bonds. The molecule has 0 spiro atoms. The van der Waals surface area contributed by atoms with E-state index in [-0.39, 0.29) is 5.91 Å². The summed E-state index contributed by atoms with van der Waals surface area (Å²) in [7, 11) is 1.66. The number of piperidine rings is 1. The Hall–Kier alpha value is -3.14. The molecule has 31 heavy (non-hydrogen) atoms. The van der Waals surface area contributed by atoms with E-state index in [0.717, 1.165) is 50.2 Å². The van der Waals surface area contributed by atoms with Crippen molar-refractivity contribution < 1.29 is 9.53 Å². The van der Waals surface area contributed by atoms with Crippen LogP contribution in [0.25, 0.3) is 0 Å². The maximum Gasteiger partial charge on any atom is 0.222 e. The second-order valence-electron chi connectivity index (χ2n) is 8.28. The average Bonchev–Trinajstić information content (AvgIpc) is 2.84. The Morgan fingerprint density at radius 2 is 1.77 bits per heavy atom.